The van der Waals surface area contributed by atoms with E-state index in [-0.39, 0.29) is 0 Å². The molecule has 0 saturated carbocycles. The smallest absolute Gasteiger partial charge is 0.402 e. The number of amides is 1. The van der Waals surface area contributed by atoms with E-state index >= 15 is 0 Å². The van der Waals surface area contributed by atoms with Crippen LogP contribution in [0.2, 0.25) is 0 Å². The van der Waals surface area contributed by atoms with E-state index in [2.05, 4.69) is 41.5 Å². The first kappa shape index (κ1) is 22.4. The number of nitrogens with two attached hydrogens (primary N) is 1. The maximum absolute atomic E-state index is 10.3. The molecule has 0 unspecified atom stereocenters. The number of carboxylic acid groups (broad SMARTS) is 1. The fraction of sp³-hybridized carbons (Fsp3) is 0.154. The second-order valence-corrected chi connectivity index (χ2v) is 3.04. The van der Waals surface area contributed by atoms with Gasteiger partial charge in [-0.15, -0.1) is 0 Å². The molecule has 0 heterocycles. The molecule has 0 saturated heterocycles. The average Bonchev–Trinajstić information content (AvgIpc) is 2.29. The molecule has 7 nitrogen and oxygen atoms in total. The topological polar surface area (TPSA) is 116 Å². The van der Waals surface area contributed by atoms with E-state index in [1.165, 1.54) is 0 Å². The first-order valence-corrected chi connectivity index (χ1v) is 5.03. The van der Waals surface area contributed by atoms with Gasteiger partial charge in [0.2, 0.25) is 0 Å². The van der Waals surface area contributed by atoms with Gasteiger partial charge in [0.15, 0.2) is 0 Å². The zero-order valence-electron chi connectivity index (χ0n) is 11.5. The molecule has 0 aromatic carbocycles. The van der Waals surface area contributed by atoms with Gasteiger partial charge in [0.05, 0.1) is 12.5 Å². The highest BCUT2D eigenvalue weighted by atomic mass is 16.5. The van der Waals surface area contributed by atoms with Gasteiger partial charge in [-0.25, -0.2) is 14.4 Å². The van der Waals surface area contributed by atoms with Gasteiger partial charge < -0.3 is 20.3 Å². The van der Waals surface area contributed by atoms with Gasteiger partial charge in [-0.05, 0) is 13.8 Å². The number of hydrogen-bond donors (Lipinski definition) is 2. The largest absolute Gasteiger partial charge is 0.465 e. The molecule has 0 aliphatic carbocycles. The van der Waals surface area contributed by atoms with Gasteiger partial charge in [0.1, 0.15) is 0 Å². The lowest BCUT2D eigenvalue weighted by atomic mass is 10.4. The molecule has 0 aromatic heterocycles. The number of carbonyl (C=O) groups excluding carboxylic acids is 2. The average molecular weight is 285 g/mol. The number of primary amides is 1. The van der Waals surface area contributed by atoms with Crippen LogP contribution in [0.1, 0.15) is 13.8 Å². The molecule has 0 aliphatic heterocycles. The van der Waals surface area contributed by atoms with Crippen LogP contribution in [0.3, 0.4) is 0 Å². The van der Waals surface area contributed by atoms with Crippen molar-refractivity contribution in [3.63, 3.8) is 0 Å². The van der Waals surface area contributed by atoms with Crippen LogP contribution in [0.4, 0.5) is 4.79 Å². The fourth-order valence-corrected chi connectivity index (χ4v) is 0.353. The van der Waals surface area contributed by atoms with Crippen molar-refractivity contribution in [2.24, 2.45) is 5.73 Å². The minimum Gasteiger partial charge on any atom is -0.465 e. The third kappa shape index (κ3) is 24.4. The van der Waals surface area contributed by atoms with Crippen LogP contribution in [0.15, 0.2) is 50.0 Å². The molecule has 0 bridgehead atoms. The van der Waals surface area contributed by atoms with Gasteiger partial charge in [0.25, 0.3) is 0 Å². The monoisotopic (exact) mass is 285 g/mol. The van der Waals surface area contributed by atoms with Crippen molar-refractivity contribution < 1.29 is 29.0 Å². The summed E-state index contributed by atoms with van der Waals surface area (Å²) in [6.45, 7) is 16.3. The van der Waals surface area contributed by atoms with Crippen molar-refractivity contribution in [1.29, 1.82) is 0 Å². The Labute approximate surface area is 117 Å². The summed E-state index contributed by atoms with van der Waals surface area (Å²) >= 11 is 0. The summed E-state index contributed by atoms with van der Waals surface area (Å²) in [7, 11) is 0. The van der Waals surface area contributed by atoms with Crippen molar-refractivity contribution >= 4 is 18.0 Å². The molecular formula is C13H19NO6. The summed E-state index contributed by atoms with van der Waals surface area (Å²) in [6.07, 6.45) is 0.827. The van der Waals surface area contributed by atoms with E-state index in [4.69, 9.17) is 9.90 Å². The molecule has 0 spiro atoms. The lowest BCUT2D eigenvalue weighted by Crippen LogP contribution is -2.03. The number of ether oxygens (including phenoxy) is 2. The van der Waals surface area contributed by atoms with Crippen molar-refractivity contribution in [1.82, 2.24) is 0 Å². The molecule has 7 heteroatoms. The Morgan fingerprint density at radius 2 is 1.15 bits per heavy atom. The van der Waals surface area contributed by atoms with Crippen LogP contribution in [0.5, 0.6) is 0 Å². The number of esters is 2. The third-order valence-electron chi connectivity index (χ3n) is 1.08. The zero-order chi connectivity index (χ0) is 16.7. The Bertz CT molecular complexity index is 362. The highest BCUT2D eigenvalue weighted by Crippen LogP contribution is 1.90. The summed E-state index contributed by atoms with van der Waals surface area (Å²) < 4.78 is 8.66. The second-order valence-electron chi connectivity index (χ2n) is 3.04. The Morgan fingerprint density at radius 1 is 0.950 bits per heavy atom. The summed E-state index contributed by atoms with van der Waals surface area (Å²) in [6, 6.07) is 0. The second kappa shape index (κ2) is 14.2. The number of rotatable bonds is 4. The summed E-state index contributed by atoms with van der Waals surface area (Å²) in [4.78, 5) is 29.5. The lowest BCUT2D eigenvalue weighted by molar-refractivity contribution is -0.134. The van der Waals surface area contributed by atoms with Gasteiger partial charge in [0, 0.05) is 11.1 Å². The number of carbonyl (C=O) groups is 3. The standard InChI is InChI=1S/2C6H8O2.CH3NO2/c2*1-4-8-6(7)5(2)3;2-1(3)4/h2*4H,1-2H2,3H3;2H2,(H,3,4). The van der Waals surface area contributed by atoms with Gasteiger partial charge in [-0.2, -0.15) is 0 Å². The minimum atomic E-state index is -1.33. The Balaban J connectivity index is -0.000000230. The predicted octanol–water partition coefficient (Wildman–Crippen LogP) is 2.12. The van der Waals surface area contributed by atoms with E-state index in [9.17, 15) is 9.59 Å². The minimum absolute atomic E-state index is 0.380. The first-order valence-electron chi connectivity index (χ1n) is 5.03. The van der Waals surface area contributed by atoms with Crippen LogP contribution >= 0.6 is 0 Å². The van der Waals surface area contributed by atoms with E-state index in [0.717, 1.165) is 12.5 Å². The van der Waals surface area contributed by atoms with Crippen molar-refractivity contribution in [3.05, 3.63) is 50.0 Å². The highest BCUT2D eigenvalue weighted by molar-refractivity contribution is 5.87. The van der Waals surface area contributed by atoms with E-state index in [0.29, 0.717) is 11.1 Å². The molecule has 3 N–H and O–H groups in total. The molecule has 0 fully saturated rings. The molecule has 0 aliphatic rings. The summed E-state index contributed by atoms with van der Waals surface area (Å²) in [5, 5.41) is 7.19. The summed E-state index contributed by atoms with van der Waals surface area (Å²) in [5.74, 6) is -0.861. The van der Waals surface area contributed by atoms with E-state index in [1.807, 2.05) is 0 Å². The Morgan fingerprint density at radius 3 is 1.20 bits per heavy atom. The van der Waals surface area contributed by atoms with Gasteiger partial charge in [-0.3, -0.25) is 0 Å². The normalized spacial score (nSPS) is 7.30. The van der Waals surface area contributed by atoms with Crippen molar-refractivity contribution in [2.45, 2.75) is 13.8 Å². The van der Waals surface area contributed by atoms with Gasteiger partial charge in [-0.1, -0.05) is 26.3 Å². The molecule has 20 heavy (non-hydrogen) atoms. The van der Waals surface area contributed by atoms with Crippen LogP contribution in [-0.2, 0) is 19.1 Å². The third-order valence-corrected chi connectivity index (χ3v) is 1.08. The molecule has 0 rings (SSSR count). The Hall–Kier alpha value is -2.83. The molecule has 0 aromatic rings. The lowest BCUT2D eigenvalue weighted by Gasteiger charge is -1.92. The zero-order valence-corrected chi connectivity index (χ0v) is 11.5. The first-order chi connectivity index (χ1) is 9.09. The van der Waals surface area contributed by atoms with Crippen LogP contribution in [0, 0.1) is 0 Å². The number of hydrogen-bond acceptors (Lipinski definition) is 5. The molecular weight excluding hydrogens is 266 g/mol. The molecule has 112 valence electrons. The molecule has 1 amide bonds. The highest BCUT2D eigenvalue weighted by Gasteiger charge is 1.97. The summed E-state index contributed by atoms with van der Waals surface area (Å²) in [5.41, 5.74) is 4.79. The SMILES string of the molecule is C=COC(=O)C(=C)C.C=COC(=O)C(=C)C.NC(=O)O. The van der Waals surface area contributed by atoms with E-state index in [1.54, 1.807) is 13.8 Å². The predicted molar refractivity (Wildman–Crippen MR) is 74.4 cm³/mol. The fourth-order valence-electron chi connectivity index (χ4n) is 0.353. The van der Waals surface area contributed by atoms with Crippen molar-refractivity contribution in [3.8, 4) is 0 Å². The maximum Gasteiger partial charge on any atom is 0.402 e. The van der Waals surface area contributed by atoms with Crippen LogP contribution in [0.25, 0.3) is 0 Å². The van der Waals surface area contributed by atoms with Crippen molar-refractivity contribution in [2.75, 3.05) is 0 Å². The Kier molecular flexibility index (Phi) is 15.9. The maximum atomic E-state index is 10.3. The van der Waals surface area contributed by atoms with Crippen LogP contribution < -0.4 is 5.73 Å². The van der Waals surface area contributed by atoms with Gasteiger partial charge >= 0.3 is 18.0 Å². The van der Waals surface area contributed by atoms with Crippen LogP contribution in [-0.4, -0.2) is 23.1 Å². The van der Waals surface area contributed by atoms with E-state index < -0.39 is 18.0 Å². The molecule has 0 radical (unpaired) electrons. The quantitative estimate of drug-likeness (QED) is 0.464. The molecule has 0 atom stereocenters.